The van der Waals surface area contributed by atoms with E-state index in [2.05, 4.69) is 15.8 Å². The Balaban J connectivity index is 1.52. The van der Waals surface area contributed by atoms with Crippen molar-refractivity contribution in [3.63, 3.8) is 0 Å². The van der Waals surface area contributed by atoms with Crippen LogP contribution in [-0.4, -0.2) is 31.1 Å². The van der Waals surface area contributed by atoms with Crippen molar-refractivity contribution in [2.75, 3.05) is 12.4 Å². The lowest BCUT2D eigenvalue weighted by atomic mass is 10.0. The largest absolute Gasteiger partial charge is 0.497 e. The normalized spacial score (nSPS) is 10.7. The molecule has 0 aliphatic rings. The van der Waals surface area contributed by atoms with Crippen LogP contribution in [0.4, 0.5) is 5.69 Å². The minimum Gasteiger partial charge on any atom is -0.497 e. The highest BCUT2D eigenvalue weighted by Gasteiger charge is 2.15. The number of ether oxygens (including phenoxy) is 2. The fraction of sp³-hybridized carbons (Fsp3) is 0.0714. The van der Waals surface area contributed by atoms with Crippen molar-refractivity contribution in [3.8, 4) is 11.5 Å². The Morgan fingerprint density at radius 3 is 2.42 bits per heavy atom. The standard InChI is InChI=1S/C28H23N3O5/c1-18-10-12-20(13-11-18)28(34)36-25-15-14-19-6-3-4-9-23(19)24(25)17-29-31-27(33)26(32)30-21-7-5-8-22(16-21)35-2/h3-17H,1-2H3,(H,30,32)(H,31,33). The van der Waals surface area contributed by atoms with E-state index in [1.165, 1.54) is 13.3 Å². The number of carbonyl (C=O) groups is 3. The summed E-state index contributed by atoms with van der Waals surface area (Å²) in [6.45, 7) is 1.93. The smallest absolute Gasteiger partial charge is 0.343 e. The quantitative estimate of drug-likeness (QED) is 0.139. The van der Waals surface area contributed by atoms with Crippen molar-refractivity contribution in [2.24, 2.45) is 5.10 Å². The average Bonchev–Trinajstić information content (AvgIpc) is 2.90. The van der Waals surface area contributed by atoms with E-state index in [1.54, 1.807) is 42.5 Å². The minimum atomic E-state index is -0.965. The van der Waals surface area contributed by atoms with Crippen LogP contribution in [-0.2, 0) is 9.59 Å². The van der Waals surface area contributed by atoms with Gasteiger partial charge >= 0.3 is 17.8 Å². The second kappa shape index (κ2) is 11.0. The third-order valence-electron chi connectivity index (χ3n) is 5.31. The number of nitrogens with one attached hydrogen (secondary N) is 2. The van der Waals surface area contributed by atoms with Gasteiger partial charge in [0, 0.05) is 17.3 Å². The van der Waals surface area contributed by atoms with Gasteiger partial charge in [-0.15, -0.1) is 0 Å². The molecule has 0 fully saturated rings. The fourth-order valence-corrected chi connectivity index (χ4v) is 3.44. The maximum atomic E-state index is 12.7. The van der Waals surface area contributed by atoms with Gasteiger partial charge in [-0.3, -0.25) is 9.59 Å². The van der Waals surface area contributed by atoms with Crippen molar-refractivity contribution in [2.45, 2.75) is 6.92 Å². The Labute approximate surface area is 207 Å². The molecule has 0 spiro atoms. The molecule has 0 aliphatic heterocycles. The van der Waals surface area contributed by atoms with Crippen LogP contribution in [0.3, 0.4) is 0 Å². The number of methoxy groups -OCH3 is 1. The molecule has 2 amide bonds. The Kier molecular flexibility index (Phi) is 7.36. The second-order valence-corrected chi connectivity index (χ2v) is 7.84. The molecule has 0 saturated carbocycles. The first-order chi connectivity index (χ1) is 17.4. The number of hydrogen-bond acceptors (Lipinski definition) is 6. The molecule has 4 aromatic rings. The van der Waals surface area contributed by atoms with Gasteiger partial charge < -0.3 is 14.8 Å². The Bertz CT molecular complexity index is 1460. The number of esters is 1. The van der Waals surface area contributed by atoms with Crippen molar-refractivity contribution in [3.05, 3.63) is 102 Å². The van der Waals surface area contributed by atoms with Crippen LogP contribution in [0.2, 0.25) is 0 Å². The summed E-state index contributed by atoms with van der Waals surface area (Å²) in [4.78, 5) is 37.2. The van der Waals surface area contributed by atoms with Gasteiger partial charge in [0.05, 0.1) is 18.9 Å². The molecule has 0 aromatic heterocycles. The number of amides is 2. The third kappa shape index (κ3) is 5.74. The average molecular weight is 482 g/mol. The number of hydrazone groups is 1. The summed E-state index contributed by atoms with van der Waals surface area (Å²) in [6.07, 6.45) is 1.34. The van der Waals surface area contributed by atoms with Crippen LogP contribution in [0.1, 0.15) is 21.5 Å². The first-order valence-electron chi connectivity index (χ1n) is 11.0. The first kappa shape index (κ1) is 24.2. The number of fused-ring (bicyclic) bond motifs is 1. The van der Waals surface area contributed by atoms with Gasteiger partial charge in [-0.2, -0.15) is 5.10 Å². The number of hydrogen-bond donors (Lipinski definition) is 2. The zero-order valence-electron chi connectivity index (χ0n) is 19.6. The van der Waals surface area contributed by atoms with Crippen LogP contribution in [0.5, 0.6) is 11.5 Å². The van der Waals surface area contributed by atoms with E-state index >= 15 is 0 Å². The van der Waals surface area contributed by atoms with Crippen molar-refractivity contribution >= 4 is 40.5 Å². The number of rotatable bonds is 6. The van der Waals surface area contributed by atoms with Gasteiger partial charge in [0.25, 0.3) is 0 Å². The molecule has 0 radical (unpaired) electrons. The van der Waals surface area contributed by atoms with Crippen molar-refractivity contribution in [1.82, 2.24) is 5.43 Å². The maximum absolute atomic E-state index is 12.7. The Hall–Kier alpha value is -4.98. The Morgan fingerprint density at radius 2 is 1.64 bits per heavy atom. The molecule has 0 aliphatic carbocycles. The lowest BCUT2D eigenvalue weighted by Gasteiger charge is -2.11. The van der Waals surface area contributed by atoms with Gasteiger partial charge in [0.2, 0.25) is 0 Å². The van der Waals surface area contributed by atoms with Gasteiger partial charge in [-0.05, 0) is 48.0 Å². The fourth-order valence-electron chi connectivity index (χ4n) is 3.44. The highest BCUT2D eigenvalue weighted by Crippen LogP contribution is 2.27. The maximum Gasteiger partial charge on any atom is 0.343 e. The molecule has 180 valence electrons. The summed E-state index contributed by atoms with van der Waals surface area (Å²) in [5.41, 5.74) is 4.51. The minimum absolute atomic E-state index is 0.262. The second-order valence-electron chi connectivity index (χ2n) is 7.84. The summed E-state index contributed by atoms with van der Waals surface area (Å²) in [6, 6.07) is 24.6. The van der Waals surface area contributed by atoms with E-state index < -0.39 is 17.8 Å². The zero-order chi connectivity index (χ0) is 25.5. The Morgan fingerprint density at radius 1 is 0.861 bits per heavy atom. The van der Waals surface area contributed by atoms with E-state index in [-0.39, 0.29) is 5.75 Å². The summed E-state index contributed by atoms with van der Waals surface area (Å²) < 4.78 is 10.8. The summed E-state index contributed by atoms with van der Waals surface area (Å²) in [7, 11) is 1.50. The van der Waals surface area contributed by atoms with Crippen LogP contribution < -0.4 is 20.2 Å². The number of carbonyl (C=O) groups excluding carboxylic acids is 3. The van der Waals surface area contributed by atoms with Gasteiger partial charge in [0.1, 0.15) is 11.5 Å². The lowest BCUT2D eigenvalue weighted by Crippen LogP contribution is -2.32. The topological polar surface area (TPSA) is 106 Å². The molecule has 4 aromatic carbocycles. The third-order valence-corrected chi connectivity index (χ3v) is 5.31. The van der Waals surface area contributed by atoms with E-state index in [0.717, 1.165) is 16.3 Å². The van der Waals surface area contributed by atoms with E-state index in [1.807, 2.05) is 49.4 Å². The first-order valence-corrected chi connectivity index (χ1v) is 11.0. The van der Waals surface area contributed by atoms with Gasteiger partial charge in [-0.25, -0.2) is 10.2 Å². The summed E-state index contributed by atoms with van der Waals surface area (Å²) in [5, 5.41) is 8.06. The number of nitrogens with zero attached hydrogens (tertiary/aromatic N) is 1. The molecule has 0 atom stereocenters. The summed E-state index contributed by atoms with van der Waals surface area (Å²) in [5.74, 6) is -1.59. The zero-order valence-corrected chi connectivity index (χ0v) is 19.6. The van der Waals surface area contributed by atoms with Crippen molar-refractivity contribution < 1.29 is 23.9 Å². The molecular weight excluding hydrogens is 458 g/mol. The van der Waals surface area contributed by atoms with E-state index in [0.29, 0.717) is 22.6 Å². The highest BCUT2D eigenvalue weighted by atomic mass is 16.5. The monoisotopic (exact) mass is 481 g/mol. The molecule has 0 saturated heterocycles. The molecule has 4 rings (SSSR count). The number of anilines is 1. The van der Waals surface area contributed by atoms with Crippen LogP contribution in [0, 0.1) is 6.92 Å². The van der Waals surface area contributed by atoms with E-state index in [9.17, 15) is 14.4 Å². The van der Waals surface area contributed by atoms with Gasteiger partial charge in [-0.1, -0.05) is 54.1 Å². The van der Waals surface area contributed by atoms with Crippen molar-refractivity contribution in [1.29, 1.82) is 0 Å². The number of benzene rings is 4. The number of aryl methyl sites for hydroxylation is 1. The van der Waals surface area contributed by atoms with E-state index in [4.69, 9.17) is 9.47 Å². The molecule has 0 heterocycles. The highest BCUT2D eigenvalue weighted by molar-refractivity contribution is 6.39. The predicted octanol–water partition coefficient (Wildman–Crippen LogP) is 4.46. The SMILES string of the molecule is COc1cccc(NC(=O)C(=O)NN=Cc2c(OC(=O)c3ccc(C)cc3)ccc3ccccc23)c1. The van der Waals surface area contributed by atoms with Gasteiger partial charge in [0.15, 0.2) is 0 Å². The molecule has 8 nitrogen and oxygen atoms in total. The molecule has 2 N–H and O–H groups in total. The molecular formula is C28H23N3O5. The lowest BCUT2D eigenvalue weighted by molar-refractivity contribution is -0.136. The van der Waals surface area contributed by atoms with Crippen LogP contribution >= 0.6 is 0 Å². The molecule has 8 heteroatoms. The molecule has 0 bridgehead atoms. The summed E-state index contributed by atoms with van der Waals surface area (Å²) >= 11 is 0. The molecule has 36 heavy (non-hydrogen) atoms. The predicted molar refractivity (Wildman–Crippen MR) is 137 cm³/mol. The molecule has 0 unspecified atom stereocenters. The van der Waals surface area contributed by atoms with Crippen LogP contribution in [0.15, 0.2) is 90.0 Å². The van der Waals surface area contributed by atoms with Crippen LogP contribution in [0.25, 0.3) is 10.8 Å².